The van der Waals surface area contributed by atoms with Crippen LogP contribution in [0.3, 0.4) is 0 Å². The van der Waals surface area contributed by atoms with E-state index >= 15 is 0 Å². The maximum absolute atomic E-state index is 5.06. The molecule has 0 unspecified atom stereocenters. The summed E-state index contributed by atoms with van der Waals surface area (Å²) in [6.07, 6.45) is 6.42. The highest BCUT2D eigenvalue weighted by Crippen LogP contribution is 1.96. The maximum Gasteiger partial charge on any atom is 0.320 e. The molecule has 0 aliphatic carbocycles. The van der Waals surface area contributed by atoms with E-state index in [-0.39, 0.29) is 0 Å². The summed E-state index contributed by atoms with van der Waals surface area (Å²) in [6, 6.07) is 1.12. The highest BCUT2D eigenvalue weighted by Gasteiger charge is 2.05. The zero-order chi connectivity index (χ0) is 13.4. The van der Waals surface area contributed by atoms with Gasteiger partial charge in [0.25, 0.3) is 0 Å². The molecule has 0 saturated carbocycles. The van der Waals surface area contributed by atoms with Crippen molar-refractivity contribution in [1.29, 1.82) is 0 Å². The second kappa shape index (κ2) is 18.5. The average molecular weight is 263 g/mol. The third-order valence-electron chi connectivity index (χ3n) is 2.46. The Morgan fingerprint density at radius 2 is 1.29 bits per heavy atom. The molecule has 0 spiro atoms. The Kier molecular flexibility index (Phi) is 21.1. The predicted molar refractivity (Wildman–Crippen MR) is 79.0 cm³/mol. The summed E-state index contributed by atoms with van der Waals surface area (Å²) in [4.78, 5) is 0. The van der Waals surface area contributed by atoms with Crippen molar-refractivity contribution in [2.24, 2.45) is 0 Å². The number of rotatable bonds is 10. The van der Waals surface area contributed by atoms with E-state index in [2.05, 4.69) is 26.1 Å². The molecule has 0 saturated heterocycles. The van der Waals surface area contributed by atoms with Gasteiger partial charge in [-0.05, 0) is 32.0 Å². The van der Waals surface area contributed by atoms with Gasteiger partial charge in [-0.2, -0.15) is 0 Å². The van der Waals surface area contributed by atoms with Crippen molar-refractivity contribution in [3.63, 3.8) is 0 Å². The predicted octanol–water partition coefficient (Wildman–Crippen LogP) is 3.09. The normalized spacial score (nSPS) is 10.2. The number of nitrogens with one attached hydrogen (secondary N) is 1. The van der Waals surface area contributed by atoms with Crippen LogP contribution in [0, 0.1) is 0 Å². The monoisotopic (exact) mass is 263 g/mol. The lowest BCUT2D eigenvalue weighted by molar-refractivity contribution is 0.277. The lowest BCUT2D eigenvalue weighted by Gasteiger charge is -2.07. The van der Waals surface area contributed by atoms with E-state index in [4.69, 9.17) is 8.85 Å². The fourth-order valence-electron chi connectivity index (χ4n) is 1.30. The minimum atomic E-state index is -1.19. The molecule has 0 aliphatic rings. The Morgan fingerprint density at radius 1 is 0.824 bits per heavy atom. The summed E-state index contributed by atoms with van der Waals surface area (Å²) in [5.41, 5.74) is 0. The van der Waals surface area contributed by atoms with Gasteiger partial charge < -0.3 is 14.2 Å². The third kappa shape index (κ3) is 18.6. The summed E-state index contributed by atoms with van der Waals surface area (Å²) >= 11 is 0. The van der Waals surface area contributed by atoms with Crippen molar-refractivity contribution in [3.05, 3.63) is 0 Å². The van der Waals surface area contributed by atoms with Crippen molar-refractivity contribution in [2.45, 2.75) is 58.9 Å². The van der Waals surface area contributed by atoms with E-state index < -0.39 is 9.28 Å². The van der Waals surface area contributed by atoms with Gasteiger partial charge in [0.2, 0.25) is 0 Å². The summed E-state index contributed by atoms with van der Waals surface area (Å²) < 4.78 is 10.1. The SMILES string of the molecule is CCCCNCCCC.CCC[SiH](OC)OC. The van der Waals surface area contributed by atoms with Gasteiger partial charge in [0.1, 0.15) is 0 Å². The van der Waals surface area contributed by atoms with Crippen molar-refractivity contribution in [3.8, 4) is 0 Å². The van der Waals surface area contributed by atoms with Gasteiger partial charge in [0.05, 0.1) is 0 Å². The minimum absolute atomic E-state index is 1.12. The van der Waals surface area contributed by atoms with E-state index in [1.54, 1.807) is 14.2 Å². The van der Waals surface area contributed by atoms with Crippen molar-refractivity contribution >= 4 is 9.28 Å². The molecule has 0 fully saturated rings. The fraction of sp³-hybridized carbons (Fsp3) is 1.00. The molecule has 0 rings (SSSR count). The first-order valence-electron chi connectivity index (χ1n) is 7.02. The van der Waals surface area contributed by atoms with E-state index in [1.165, 1.54) is 45.2 Å². The molecule has 0 bridgehead atoms. The molecule has 0 heterocycles. The van der Waals surface area contributed by atoms with Gasteiger partial charge >= 0.3 is 9.28 Å². The second-order valence-corrected chi connectivity index (χ2v) is 6.53. The lowest BCUT2D eigenvalue weighted by atomic mass is 10.3. The third-order valence-corrected chi connectivity index (χ3v) is 4.56. The zero-order valence-electron chi connectivity index (χ0n) is 12.6. The Labute approximate surface area is 110 Å². The van der Waals surface area contributed by atoms with Crippen LogP contribution in [-0.2, 0) is 8.85 Å². The second-order valence-electron chi connectivity index (χ2n) is 4.15. The largest absolute Gasteiger partial charge is 0.400 e. The van der Waals surface area contributed by atoms with E-state index in [0.717, 1.165) is 6.04 Å². The molecule has 0 radical (unpaired) electrons. The first-order chi connectivity index (χ1) is 8.26. The highest BCUT2D eigenvalue weighted by atomic mass is 28.3. The summed E-state index contributed by atoms with van der Waals surface area (Å²) in [5, 5.41) is 3.39. The standard InChI is InChI=1S/C8H19N.C5H14O2Si/c1-3-5-7-9-8-6-4-2;1-4-5-8(6-2)7-3/h9H,3-8H2,1-2H3;8H,4-5H2,1-3H3. The van der Waals surface area contributed by atoms with Crippen molar-refractivity contribution < 1.29 is 8.85 Å². The molecule has 3 nitrogen and oxygen atoms in total. The molecular weight excluding hydrogens is 230 g/mol. The van der Waals surface area contributed by atoms with E-state index in [9.17, 15) is 0 Å². The Balaban J connectivity index is 0. The van der Waals surface area contributed by atoms with E-state index in [1.807, 2.05) is 0 Å². The first kappa shape index (κ1) is 19.4. The van der Waals surface area contributed by atoms with Crippen LogP contribution in [-0.4, -0.2) is 36.6 Å². The molecule has 4 heteroatoms. The topological polar surface area (TPSA) is 30.5 Å². The number of hydrogen-bond acceptors (Lipinski definition) is 3. The molecule has 0 atom stereocenters. The molecule has 0 aromatic heterocycles. The summed E-state index contributed by atoms with van der Waals surface area (Å²) in [5.74, 6) is 0. The number of hydrogen-bond donors (Lipinski definition) is 1. The molecular formula is C13H33NO2Si. The number of unbranched alkanes of at least 4 members (excludes halogenated alkanes) is 2. The molecule has 0 aromatic carbocycles. The maximum atomic E-state index is 5.06. The molecule has 0 aliphatic heterocycles. The van der Waals surface area contributed by atoms with Gasteiger partial charge in [0.15, 0.2) is 0 Å². The molecule has 106 valence electrons. The van der Waals surface area contributed by atoms with Crippen LogP contribution in [0.15, 0.2) is 0 Å². The van der Waals surface area contributed by atoms with Crippen LogP contribution in [0.25, 0.3) is 0 Å². The van der Waals surface area contributed by atoms with Crippen LogP contribution in [0.5, 0.6) is 0 Å². The smallest absolute Gasteiger partial charge is 0.320 e. The molecule has 1 N–H and O–H groups in total. The Hall–Kier alpha value is 0.0969. The van der Waals surface area contributed by atoms with Gasteiger partial charge in [-0.1, -0.05) is 40.0 Å². The summed E-state index contributed by atoms with van der Waals surface area (Å²) in [7, 11) is 2.24. The lowest BCUT2D eigenvalue weighted by Crippen LogP contribution is -2.17. The van der Waals surface area contributed by atoms with Crippen LogP contribution < -0.4 is 5.32 Å². The fourth-order valence-corrected chi connectivity index (χ4v) is 2.43. The molecule has 17 heavy (non-hydrogen) atoms. The van der Waals surface area contributed by atoms with Crippen LogP contribution in [0.2, 0.25) is 6.04 Å². The quantitative estimate of drug-likeness (QED) is 0.485. The van der Waals surface area contributed by atoms with Crippen LogP contribution >= 0.6 is 0 Å². The summed E-state index contributed by atoms with van der Waals surface area (Å²) in [6.45, 7) is 8.99. The van der Waals surface area contributed by atoms with Crippen LogP contribution in [0.4, 0.5) is 0 Å². The van der Waals surface area contributed by atoms with Gasteiger partial charge in [-0.15, -0.1) is 0 Å². The molecule has 0 aromatic rings. The minimum Gasteiger partial charge on any atom is -0.400 e. The van der Waals surface area contributed by atoms with Crippen molar-refractivity contribution in [1.82, 2.24) is 5.32 Å². The van der Waals surface area contributed by atoms with Gasteiger partial charge in [-0.25, -0.2) is 0 Å². The Morgan fingerprint density at radius 3 is 1.53 bits per heavy atom. The van der Waals surface area contributed by atoms with Crippen molar-refractivity contribution in [2.75, 3.05) is 27.3 Å². The van der Waals surface area contributed by atoms with Gasteiger partial charge in [-0.3, -0.25) is 0 Å². The van der Waals surface area contributed by atoms with Crippen LogP contribution in [0.1, 0.15) is 52.9 Å². The highest BCUT2D eigenvalue weighted by molar-refractivity contribution is 6.44. The van der Waals surface area contributed by atoms with Gasteiger partial charge in [0, 0.05) is 14.2 Å². The molecule has 0 amide bonds. The average Bonchev–Trinajstić information content (AvgIpc) is 2.36. The Bertz CT molecular complexity index is 116. The van der Waals surface area contributed by atoms with E-state index in [0.29, 0.717) is 0 Å². The first-order valence-corrected chi connectivity index (χ1v) is 8.78. The zero-order valence-corrected chi connectivity index (χ0v) is 13.7.